The maximum absolute atomic E-state index is 14.8. The Morgan fingerprint density at radius 3 is 2.56 bits per heavy atom. The monoisotopic (exact) mass is 544 g/mol. The average molecular weight is 545 g/mol. The molecule has 0 aliphatic carbocycles. The molecular weight excluding hydrogens is 511 g/mol. The van der Waals surface area contributed by atoms with Crippen molar-refractivity contribution in [3.63, 3.8) is 0 Å². The van der Waals surface area contributed by atoms with Gasteiger partial charge < -0.3 is 26.2 Å². The summed E-state index contributed by atoms with van der Waals surface area (Å²) in [7, 11) is 0. The van der Waals surface area contributed by atoms with Crippen molar-refractivity contribution in [3.8, 4) is 21.8 Å². The van der Waals surface area contributed by atoms with Crippen molar-refractivity contribution in [2.24, 2.45) is 0 Å². The number of nitrogens with two attached hydrogens (primary N) is 1. The van der Waals surface area contributed by atoms with Crippen LogP contribution in [0.4, 0.5) is 32.5 Å². The quantitative estimate of drug-likeness (QED) is 0.226. The van der Waals surface area contributed by atoms with Crippen LogP contribution in [0.2, 0.25) is 0 Å². The molecule has 202 valence electrons. The van der Waals surface area contributed by atoms with Gasteiger partial charge in [-0.2, -0.15) is 0 Å². The van der Waals surface area contributed by atoms with E-state index in [0.29, 0.717) is 23.0 Å². The van der Waals surface area contributed by atoms with Gasteiger partial charge in [0.1, 0.15) is 5.82 Å². The van der Waals surface area contributed by atoms with E-state index >= 15 is 0 Å². The largest absolute Gasteiger partial charge is 0.399 e. The summed E-state index contributed by atoms with van der Waals surface area (Å²) in [5.74, 6) is 0.0931. The van der Waals surface area contributed by atoms with E-state index in [0.717, 1.165) is 66.2 Å². The fraction of sp³-hybridized carbons (Fsp3) is 0.345. The van der Waals surface area contributed by atoms with E-state index in [2.05, 4.69) is 25.4 Å². The first-order chi connectivity index (χ1) is 19.1. The van der Waals surface area contributed by atoms with Gasteiger partial charge in [0.15, 0.2) is 5.13 Å². The fourth-order valence-electron chi connectivity index (χ4n) is 5.17. The fourth-order valence-corrected chi connectivity index (χ4v) is 6.28. The van der Waals surface area contributed by atoms with Crippen molar-refractivity contribution in [1.29, 1.82) is 0 Å². The van der Waals surface area contributed by atoms with Gasteiger partial charge in [0.25, 0.3) is 0 Å². The molecule has 0 unspecified atom stereocenters. The van der Waals surface area contributed by atoms with E-state index in [-0.39, 0.29) is 5.82 Å². The standard InChI is InChI=1S/C29H33FN8S/c30-23-19-22(8-9-24(23)32-12-17-37-13-1-2-14-37)34-28-33-11-10-25(35-28)27-26(20-6-5-7-21(31)18-20)36-29(39-27)38-15-3-4-16-38/h5-11,18-19,32H,1-4,12-17,31H2,(H,33,34,35). The van der Waals surface area contributed by atoms with Crippen LogP contribution in [0, 0.1) is 5.82 Å². The van der Waals surface area contributed by atoms with Gasteiger partial charge in [-0.15, -0.1) is 0 Å². The lowest BCUT2D eigenvalue weighted by Gasteiger charge is -2.16. The Morgan fingerprint density at radius 2 is 1.77 bits per heavy atom. The summed E-state index contributed by atoms with van der Waals surface area (Å²) in [5, 5.41) is 7.38. The average Bonchev–Trinajstić information content (AvgIpc) is 3.72. The highest BCUT2D eigenvalue weighted by Crippen LogP contribution is 2.41. The van der Waals surface area contributed by atoms with Crippen LogP contribution >= 0.6 is 11.3 Å². The normalized spacial score (nSPS) is 15.7. The SMILES string of the molecule is Nc1cccc(-c2nc(N3CCCC3)sc2-c2ccnc(Nc3ccc(NCCN4CCCC4)c(F)c3)n2)c1. The lowest BCUT2D eigenvalue weighted by molar-refractivity contribution is 0.352. The van der Waals surface area contributed by atoms with Crippen molar-refractivity contribution < 1.29 is 4.39 Å². The van der Waals surface area contributed by atoms with Crippen LogP contribution in [-0.2, 0) is 0 Å². The number of rotatable bonds is 9. The molecule has 0 spiro atoms. The minimum Gasteiger partial charge on any atom is -0.399 e. The molecule has 8 nitrogen and oxygen atoms in total. The molecule has 0 radical (unpaired) electrons. The molecule has 4 aromatic rings. The molecular formula is C29H33FN8S. The molecule has 0 bridgehead atoms. The van der Waals surface area contributed by atoms with Gasteiger partial charge in [-0.3, -0.25) is 0 Å². The zero-order valence-corrected chi connectivity index (χ0v) is 22.7. The van der Waals surface area contributed by atoms with Gasteiger partial charge in [0.05, 0.1) is 22.0 Å². The molecule has 2 aliphatic rings. The predicted octanol–water partition coefficient (Wildman–Crippen LogP) is 5.84. The van der Waals surface area contributed by atoms with E-state index in [1.54, 1.807) is 23.6 Å². The van der Waals surface area contributed by atoms with Crippen molar-refractivity contribution in [1.82, 2.24) is 19.9 Å². The van der Waals surface area contributed by atoms with Gasteiger partial charge in [0.2, 0.25) is 5.95 Å². The number of hydrogen-bond donors (Lipinski definition) is 3. The summed E-state index contributed by atoms with van der Waals surface area (Å²) >= 11 is 1.63. The molecule has 2 aromatic heterocycles. The first kappa shape index (κ1) is 25.5. The molecule has 0 atom stereocenters. The number of halogens is 1. The highest BCUT2D eigenvalue weighted by atomic mass is 32.1. The van der Waals surface area contributed by atoms with Crippen LogP contribution in [0.25, 0.3) is 21.8 Å². The number of nitrogens with one attached hydrogen (secondary N) is 2. The lowest BCUT2D eigenvalue weighted by atomic mass is 10.1. The van der Waals surface area contributed by atoms with Gasteiger partial charge in [-0.25, -0.2) is 19.3 Å². The zero-order valence-electron chi connectivity index (χ0n) is 21.9. The minimum absolute atomic E-state index is 0.306. The number of benzene rings is 2. The Balaban J connectivity index is 1.21. The molecule has 4 N–H and O–H groups in total. The highest BCUT2D eigenvalue weighted by Gasteiger charge is 2.22. The zero-order chi connectivity index (χ0) is 26.6. The van der Waals surface area contributed by atoms with Gasteiger partial charge in [-0.1, -0.05) is 23.5 Å². The third kappa shape index (κ3) is 5.97. The predicted molar refractivity (Wildman–Crippen MR) is 158 cm³/mol. The van der Waals surface area contributed by atoms with Crippen molar-refractivity contribution in [2.45, 2.75) is 25.7 Å². The molecule has 2 fully saturated rings. The number of thiazole rings is 1. The number of hydrogen-bond acceptors (Lipinski definition) is 9. The van der Waals surface area contributed by atoms with Crippen molar-refractivity contribution >= 4 is 39.5 Å². The summed E-state index contributed by atoms with van der Waals surface area (Å²) in [6, 6.07) is 14.7. The molecule has 6 rings (SSSR count). The van der Waals surface area contributed by atoms with Crippen LogP contribution in [0.3, 0.4) is 0 Å². The molecule has 2 aromatic carbocycles. The van der Waals surface area contributed by atoms with Crippen molar-refractivity contribution in [2.75, 3.05) is 60.5 Å². The third-order valence-corrected chi connectivity index (χ3v) is 8.35. The van der Waals surface area contributed by atoms with Crippen LogP contribution < -0.4 is 21.3 Å². The second kappa shape index (κ2) is 11.5. The second-order valence-electron chi connectivity index (χ2n) is 10.1. The maximum Gasteiger partial charge on any atom is 0.227 e. The smallest absolute Gasteiger partial charge is 0.227 e. The highest BCUT2D eigenvalue weighted by molar-refractivity contribution is 7.19. The van der Waals surface area contributed by atoms with E-state index < -0.39 is 0 Å². The molecule has 0 amide bonds. The molecule has 2 saturated heterocycles. The minimum atomic E-state index is -0.306. The van der Waals surface area contributed by atoms with Crippen LogP contribution in [0.15, 0.2) is 54.7 Å². The topological polar surface area (TPSA) is 95.2 Å². The van der Waals surface area contributed by atoms with Gasteiger partial charge >= 0.3 is 0 Å². The number of likely N-dealkylation sites (tertiary alicyclic amines) is 1. The lowest BCUT2D eigenvalue weighted by Crippen LogP contribution is -2.26. The summed E-state index contributed by atoms with van der Waals surface area (Å²) < 4.78 is 14.8. The molecule has 39 heavy (non-hydrogen) atoms. The first-order valence-electron chi connectivity index (χ1n) is 13.6. The van der Waals surface area contributed by atoms with Gasteiger partial charge in [0, 0.05) is 49.3 Å². The summed E-state index contributed by atoms with van der Waals surface area (Å²) in [4.78, 5) is 19.9. The van der Waals surface area contributed by atoms with Gasteiger partial charge in [-0.05, 0) is 75.2 Å². The maximum atomic E-state index is 14.8. The number of nitrogen functional groups attached to an aromatic ring is 1. The van der Waals surface area contributed by atoms with E-state index in [1.165, 1.54) is 31.7 Å². The van der Waals surface area contributed by atoms with Crippen LogP contribution in [0.1, 0.15) is 25.7 Å². The Hall–Kier alpha value is -3.76. The van der Waals surface area contributed by atoms with Crippen LogP contribution in [-0.4, -0.2) is 59.1 Å². The summed E-state index contributed by atoms with van der Waals surface area (Å²) in [6.45, 7) is 5.93. The van der Waals surface area contributed by atoms with E-state index in [4.69, 9.17) is 15.7 Å². The molecule has 4 heterocycles. The number of anilines is 5. The Kier molecular flexibility index (Phi) is 7.55. The number of aromatic nitrogens is 3. The van der Waals surface area contributed by atoms with Crippen molar-refractivity contribution in [3.05, 3.63) is 60.5 Å². The molecule has 0 saturated carbocycles. The second-order valence-corrected chi connectivity index (χ2v) is 11.0. The Morgan fingerprint density at radius 1 is 0.949 bits per heavy atom. The molecule has 10 heteroatoms. The number of nitrogens with zero attached hydrogens (tertiary/aromatic N) is 5. The van der Waals surface area contributed by atoms with E-state index in [9.17, 15) is 4.39 Å². The van der Waals surface area contributed by atoms with E-state index in [1.807, 2.05) is 36.4 Å². The van der Waals surface area contributed by atoms with Crippen LogP contribution in [0.5, 0.6) is 0 Å². The molecule has 2 aliphatic heterocycles. The summed E-state index contributed by atoms with van der Waals surface area (Å²) in [5.41, 5.74) is 10.4. The third-order valence-electron chi connectivity index (χ3n) is 7.21. The first-order valence-corrected chi connectivity index (χ1v) is 14.4. The Bertz CT molecular complexity index is 1430. The Labute approximate surface area is 232 Å². The summed E-state index contributed by atoms with van der Waals surface area (Å²) in [6.07, 6.45) is 6.57.